The summed E-state index contributed by atoms with van der Waals surface area (Å²) in [5.74, 6) is 1.33. The average molecular weight is 345 g/mol. The Bertz CT molecular complexity index is 862. The molecule has 0 radical (unpaired) electrons. The Hall–Kier alpha value is -3.03. The van der Waals surface area contributed by atoms with E-state index < -0.39 is 0 Å². The molecule has 2 heterocycles. The molecule has 0 fully saturated rings. The summed E-state index contributed by atoms with van der Waals surface area (Å²) < 4.78 is 17.0. The Morgan fingerprint density at radius 3 is 2.68 bits per heavy atom. The molecule has 0 saturated heterocycles. The molecule has 2 aromatic rings. The van der Waals surface area contributed by atoms with E-state index in [2.05, 4.69) is 5.10 Å². The quantitative estimate of drug-likeness (QED) is 0.796. The summed E-state index contributed by atoms with van der Waals surface area (Å²) in [6.07, 6.45) is 2.00. The van der Waals surface area contributed by atoms with Crippen LogP contribution in [0, 0.1) is 0 Å². The summed E-state index contributed by atoms with van der Waals surface area (Å²) in [5, 5.41) is 3.92. The number of hydrogen-bond donors (Lipinski definition) is 0. The Balaban J connectivity index is 1.86. The fourth-order valence-corrected chi connectivity index (χ4v) is 2.72. The molecule has 132 valence electrons. The number of aromatic nitrogens is 2. The molecule has 0 aliphatic carbocycles. The smallest absolute Gasteiger partial charge is 0.294 e. The summed E-state index contributed by atoms with van der Waals surface area (Å²) in [4.78, 5) is 26.1. The number of ether oxygens (including phenoxy) is 3. The van der Waals surface area contributed by atoms with Gasteiger partial charge in [-0.3, -0.25) is 9.59 Å². The highest BCUT2D eigenvalue weighted by Gasteiger charge is 2.29. The van der Waals surface area contributed by atoms with E-state index >= 15 is 0 Å². The topological polar surface area (TPSA) is 82.9 Å². The predicted octanol–water partition coefficient (Wildman–Crippen LogP) is 0.766. The molecule has 1 aliphatic rings. The molecular formula is C17H19N3O5. The molecule has 0 N–H and O–H groups in total. The zero-order chi connectivity index (χ0) is 18.0. The maximum atomic E-state index is 12.4. The van der Waals surface area contributed by atoms with Gasteiger partial charge in [0.1, 0.15) is 0 Å². The molecule has 8 nitrogen and oxygen atoms in total. The molecule has 3 rings (SSSR count). The van der Waals surface area contributed by atoms with Gasteiger partial charge in [0.25, 0.3) is 11.5 Å². The molecule has 0 atom stereocenters. The van der Waals surface area contributed by atoms with Crippen molar-refractivity contribution in [1.29, 1.82) is 0 Å². The van der Waals surface area contributed by atoms with Crippen molar-refractivity contribution in [3.05, 3.63) is 40.3 Å². The van der Waals surface area contributed by atoms with Crippen molar-refractivity contribution >= 4 is 11.6 Å². The van der Waals surface area contributed by atoms with Crippen LogP contribution in [-0.2, 0) is 18.3 Å². The third-order valence-corrected chi connectivity index (χ3v) is 4.07. The zero-order valence-corrected chi connectivity index (χ0v) is 14.3. The highest BCUT2D eigenvalue weighted by molar-refractivity contribution is 5.97. The van der Waals surface area contributed by atoms with Gasteiger partial charge in [-0.05, 0) is 24.1 Å². The summed E-state index contributed by atoms with van der Waals surface area (Å²) in [6, 6.07) is 5.57. The van der Waals surface area contributed by atoms with Crippen LogP contribution in [-0.4, -0.2) is 43.1 Å². The van der Waals surface area contributed by atoms with Gasteiger partial charge in [0, 0.05) is 13.6 Å². The lowest BCUT2D eigenvalue weighted by atomic mass is 10.1. The van der Waals surface area contributed by atoms with Crippen molar-refractivity contribution in [1.82, 2.24) is 9.78 Å². The van der Waals surface area contributed by atoms with E-state index in [1.54, 1.807) is 14.2 Å². The number of benzene rings is 1. The van der Waals surface area contributed by atoms with Crippen LogP contribution in [0.15, 0.2) is 29.2 Å². The standard InChI is InChI=1S/C17H19N3O5/c1-19-17(22)16-14(9-18-19)25-10-15(21)20(16)7-6-11-4-5-12(23-2)13(8-11)24-3/h4-5,8-9H,6-7,10H2,1-3H3. The summed E-state index contributed by atoms with van der Waals surface area (Å²) in [7, 11) is 4.68. The highest BCUT2D eigenvalue weighted by atomic mass is 16.5. The zero-order valence-electron chi connectivity index (χ0n) is 14.3. The van der Waals surface area contributed by atoms with E-state index in [4.69, 9.17) is 14.2 Å². The van der Waals surface area contributed by atoms with Crippen molar-refractivity contribution in [2.24, 2.45) is 7.05 Å². The van der Waals surface area contributed by atoms with Crippen LogP contribution in [0.4, 0.5) is 5.69 Å². The first kappa shape index (κ1) is 16.8. The number of hydrogen-bond acceptors (Lipinski definition) is 6. The number of carbonyl (C=O) groups is 1. The van der Waals surface area contributed by atoms with Gasteiger partial charge in [0.2, 0.25) is 0 Å². The van der Waals surface area contributed by atoms with Crippen LogP contribution in [0.1, 0.15) is 5.56 Å². The van der Waals surface area contributed by atoms with Crippen LogP contribution in [0.3, 0.4) is 0 Å². The minimum atomic E-state index is -0.363. The van der Waals surface area contributed by atoms with Gasteiger partial charge in [-0.25, -0.2) is 4.68 Å². The van der Waals surface area contributed by atoms with E-state index in [0.717, 1.165) is 5.56 Å². The van der Waals surface area contributed by atoms with Crippen LogP contribution < -0.4 is 24.7 Å². The molecule has 1 aromatic carbocycles. The van der Waals surface area contributed by atoms with Crippen molar-refractivity contribution in [2.45, 2.75) is 6.42 Å². The lowest BCUT2D eigenvalue weighted by molar-refractivity contribution is -0.121. The third kappa shape index (κ3) is 3.15. The molecule has 0 saturated carbocycles. The van der Waals surface area contributed by atoms with Gasteiger partial charge in [-0.15, -0.1) is 0 Å². The first-order valence-corrected chi connectivity index (χ1v) is 7.75. The van der Waals surface area contributed by atoms with E-state index in [0.29, 0.717) is 30.2 Å². The number of aryl methyl sites for hydroxylation is 1. The number of anilines is 1. The number of nitrogens with zero attached hydrogens (tertiary/aromatic N) is 3. The number of rotatable bonds is 5. The molecule has 8 heteroatoms. The Morgan fingerprint density at radius 1 is 1.20 bits per heavy atom. The van der Waals surface area contributed by atoms with Gasteiger partial charge < -0.3 is 19.1 Å². The fraction of sp³-hybridized carbons (Fsp3) is 0.353. The largest absolute Gasteiger partial charge is 0.493 e. The van der Waals surface area contributed by atoms with Crippen molar-refractivity contribution in [3.8, 4) is 17.2 Å². The summed E-state index contributed by atoms with van der Waals surface area (Å²) in [5.41, 5.74) is 0.830. The fourth-order valence-electron chi connectivity index (χ4n) is 2.72. The van der Waals surface area contributed by atoms with Crippen LogP contribution in [0.25, 0.3) is 0 Å². The predicted molar refractivity (Wildman–Crippen MR) is 90.6 cm³/mol. The summed E-state index contributed by atoms with van der Waals surface area (Å²) in [6.45, 7) is 0.248. The van der Waals surface area contributed by atoms with Crippen LogP contribution in [0.2, 0.25) is 0 Å². The Labute approximate surface area is 144 Å². The second-order valence-electron chi connectivity index (χ2n) is 5.56. The van der Waals surface area contributed by atoms with Crippen LogP contribution in [0.5, 0.6) is 17.2 Å². The number of carbonyl (C=O) groups excluding carboxylic acids is 1. The first-order chi connectivity index (χ1) is 12.0. The monoisotopic (exact) mass is 345 g/mol. The van der Waals surface area contributed by atoms with Gasteiger partial charge in [0.15, 0.2) is 29.5 Å². The van der Waals surface area contributed by atoms with E-state index in [1.807, 2.05) is 18.2 Å². The van der Waals surface area contributed by atoms with Gasteiger partial charge in [-0.2, -0.15) is 5.10 Å². The maximum Gasteiger partial charge on any atom is 0.294 e. The van der Waals surface area contributed by atoms with Gasteiger partial charge in [-0.1, -0.05) is 6.07 Å². The highest BCUT2D eigenvalue weighted by Crippen LogP contribution is 2.29. The molecule has 1 aromatic heterocycles. The number of amides is 1. The molecule has 1 amide bonds. The lowest BCUT2D eigenvalue weighted by Gasteiger charge is -2.28. The molecule has 0 bridgehead atoms. The maximum absolute atomic E-state index is 12.4. The average Bonchev–Trinajstić information content (AvgIpc) is 2.63. The number of fused-ring (bicyclic) bond motifs is 1. The lowest BCUT2D eigenvalue weighted by Crippen LogP contribution is -2.44. The van der Waals surface area contributed by atoms with Gasteiger partial charge in [0.05, 0.1) is 20.4 Å². The number of methoxy groups -OCH3 is 2. The van der Waals surface area contributed by atoms with E-state index in [-0.39, 0.29) is 23.8 Å². The first-order valence-electron chi connectivity index (χ1n) is 7.75. The molecular weight excluding hydrogens is 326 g/mol. The molecule has 25 heavy (non-hydrogen) atoms. The van der Waals surface area contributed by atoms with E-state index in [9.17, 15) is 9.59 Å². The van der Waals surface area contributed by atoms with E-state index in [1.165, 1.54) is 22.8 Å². The second kappa shape index (κ2) is 6.84. The Kier molecular flexibility index (Phi) is 4.60. The minimum absolute atomic E-state index is 0.103. The van der Waals surface area contributed by atoms with Crippen molar-refractivity contribution < 1.29 is 19.0 Å². The molecule has 1 aliphatic heterocycles. The third-order valence-electron chi connectivity index (χ3n) is 4.07. The molecule has 0 unspecified atom stereocenters. The SMILES string of the molecule is COc1ccc(CCN2C(=O)COc3cnn(C)c(=O)c32)cc1OC. The van der Waals surface area contributed by atoms with Crippen molar-refractivity contribution in [2.75, 3.05) is 32.3 Å². The second-order valence-corrected chi connectivity index (χ2v) is 5.56. The van der Waals surface area contributed by atoms with Gasteiger partial charge >= 0.3 is 0 Å². The van der Waals surface area contributed by atoms with Crippen LogP contribution >= 0.6 is 0 Å². The minimum Gasteiger partial charge on any atom is -0.493 e. The summed E-state index contributed by atoms with van der Waals surface area (Å²) >= 11 is 0. The molecule has 0 spiro atoms. The normalized spacial score (nSPS) is 13.2. The van der Waals surface area contributed by atoms with Crippen molar-refractivity contribution in [3.63, 3.8) is 0 Å². The Morgan fingerprint density at radius 2 is 1.96 bits per heavy atom.